The molecular formula is C20H27N3O2S. The number of amides is 1. The van der Waals surface area contributed by atoms with Crippen molar-refractivity contribution in [2.24, 2.45) is 5.92 Å². The second-order valence-corrected chi connectivity index (χ2v) is 8.39. The van der Waals surface area contributed by atoms with E-state index < -0.39 is 0 Å². The van der Waals surface area contributed by atoms with Gasteiger partial charge in [-0.15, -0.1) is 11.3 Å². The van der Waals surface area contributed by atoms with Crippen LogP contribution in [0.3, 0.4) is 0 Å². The van der Waals surface area contributed by atoms with E-state index in [9.17, 15) is 4.79 Å². The number of rotatable bonds is 6. The Bertz CT molecular complexity index is 698. The SMILES string of the molecule is O=C(CCC1CCCC1)N1CCN(Cc2nc(-c3ccco3)cs2)CC1. The third kappa shape index (κ3) is 4.35. The van der Waals surface area contributed by atoms with Crippen LogP contribution in [0.1, 0.15) is 43.5 Å². The number of carbonyl (C=O) groups is 1. The zero-order chi connectivity index (χ0) is 17.8. The molecule has 2 aliphatic rings. The quantitative estimate of drug-likeness (QED) is 0.767. The lowest BCUT2D eigenvalue weighted by atomic mass is 10.0. The molecule has 3 heterocycles. The van der Waals surface area contributed by atoms with E-state index in [-0.39, 0.29) is 0 Å². The standard InChI is InChI=1S/C20H27N3O2S/c24-20(8-7-16-4-1-2-5-16)23-11-9-22(10-12-23)14-19-21-17(15-26-19)18-6-3-13-25-18/h3,6,13,15-16H,1-2,4-5,7-12,14H2. The molecule has 0 aromatic carbocycles. The van der Waals surface area contributed by atoms with Crippen LogP contribution < -0.4 is 0 Å². The molecule has 0 N–H and O–H groups in total. The molecule has 1 saturated carbocycles. The van der Waals surface area contributed by atoms with E-state index in [1.807, 2.05) is 12.1 Å². The molecule has 26 heavy (non-hydrogen) atoms. The van der Waals surface area contributed by atoms with Gasteiger partial charge in [-0.3, -0.25) is 9.69 Å². The van der Waals surface area contributed by atoms with E-state index in [0.717, 1.165) is 67.9 Å². The average Bonchev–Trinajstić information content (AvgIpc) is 3.41. The molecule has 0 atom stereocenters. The summed E-state index contributed by atoms with van der Waals surface area (Å²) in [6.07, 6.45) is 8.88. The second kappa shape index (κ2) is 8.35. The maximum Gasteiger partial charge on any atom is 0.222 e. The summed E-state index contributed by atoms with van der Waals surface area (Å²) < 4.78 is 5.41. The van der Waals surface area contributed by atoms with Gasteiger partial charge in [0.05, 0.1) is 12.8 Å². The van der Waals surface area contributed by atoms with Gasteiger partial charge in [-0.2, -0.15) is 0 Å². The third-order valence-electron chi connectivity index (χ3n) is 5.65. The molecular weight excluding hydrogens is 346 g/mol. The van der Waals surface area contributed by atoms with E-state index in [2.05, 4.69) is 20.2 Å². The summed E-state index contributed by atoms with van der Waals surface area (Å²) in [5, 5.41) is 3.16. The number of thiazole rings is 1. The largest absolute Gasteiger partial charge is 0.463 e. The fourth-order valence-corrected chi connectivity index (χ4v) is 4.88. The first-order valence-electron chi connectivity index (χ1n) is 9.76. The van der Waals surface area contributed by atoms with Crippen molar-refractivity contribution in [2.75, 3.05) is 26.2 Å². The lowest BCUT2D eigenvalue weighted by Gasteiger charge is -2.34. The third-order valence-corrected chi connectivity index (χ3v) is 6.48. The predicted molar refractivity (Wildman–Crippen MR) is 103 cm³/mol. The highest BCUT2D eigenvalue weighted by Gasteiger charge is 2.23. The first-order valence-corrected chi connectivity index (χ1v) is 10.6. The number of piperazine rings is 1. The topological polar surface area (TPSA) is 49.6 Å². The van der Waals surface area contributed by atoms with Crippen LogP contribution in [0.4, 0.5) is 0 Å². The van der Waals surface area contributed by atoms with Crippen LogP contribution >= 0.6 is 11.3 Å². The Labute approximate surface area is 159 Å². The van der Waals surface area contributed by atoms with Crippen molar-refractivity contribution in [3.05, 3.63) is 28.8 Å². The fraction of sp³-hybridized carbons (Fsp3) is 0.600. The fourth-order valence-electron chi connectivity index (χ4n) is 4.05. The monoisotopic (exact) mass is 373 g/mol. The summed E-state index contributed by atoms with van der Waals surface area (Å²) in [7, 11) is 0. The Morgan fingerprint density at radius 1 is 1.23 bits per heavy atom. The van der Waals surface area contributed by atoms with Crippen molar-refractivity contribution < 1.29 is 9.21 Å². The lowest BCUT2D eigenvalue weighted by molar-refractivity contribution is -0.133. The summed E-state index contributed by atoms with van der Waals surface area (Å²) >= 11 is 1.68. The van der Waals surface area contributed by atoms with Crippen LogP contribution in [-0.2, 0) is 11.3 Å². The molecule has 1 aliphatic heterocycles. The number of furan rings is 1. The Morgan fingerprint density at radius 2 is 2.04 bits per heavy atom. The maximum absolute atomic E-state index is 12.4. The summed E-state index contributed by atoms with van der Waals surface area (Å²) in [5.74, 6) is 1.98. The summed E-state index contributed by atoms with van der Waals surface area (Å²) in [6.45, 7) is 4.42. The van der Waals surface area contributed by atoms with Gasteiger partial charge in [-0.05, 0) is 24.5 Å². The van der Waals surface area contributed by atoms with Gasteiger partial charge in [0.1, 0.15) is 10.7 Å². The summed E-state index contributed by atoms with van der Waals surface area (Å²) in [5.41, 5.74) is 0.913. The minimum absolute atomic E-state index is 0.353. The van der Waals surface area contributed by atoms with Gasteiger partial charge in [0.2, 0.25) is 5.91 Å². The number of carbonyl (C=O) groups excluding carboxylic acids is 1. The Morgan fingerprint density at radius 3 is 2.77 bits per heavy atom. The van der Waals surface area contributed by atoms with Crippen LogP contribution in [-0.4, -0.2) is 46.9 Å². The lowest BCUT2D eigenvalue weighted by Crippen LogP contribution is -2.48. The summed E-state index contributed by atoms with van der Waals surface area (Å²) in [6, 6.07) is 3.83. The zero-order valence-corrected chi connectivity index (χ0v) is 16.0. The van der Waals surface area contributed by atoms with Crippen LogP contribution in [0.5, 0.6) is 0 Å². The highest BCUT2D eigenvalue weighted by atomic mass is 32.1. The van der Waals surface area contributed by atoms with Crippen LogP contribution in [0.25, 0.3) is 11.5 Å². The molecule has 0 unspecified atom stereocenters. The average molecular weight is 374 g/mol. The van der Waals surface area contributed by atoms with Crippen molar-refractivity contribution in [3.63, 3.8) is 0 Å². The van der Waals surface area contributed by atoms with Crippen molar-refractivity contribution in [1.82, 2.24) is 14.8 Å². The van der Waals surface area contributed by atoms with Crippen LogP contribution in [0.2, 0.25) is 0 Å². The van der Waals surface area contributed by atoms with Crippen molar-refractivity contribution in [1.29, 1.82) is 0 Å². The predicted octanol–water partition coefficient (Wildman–Crippen LogP) is 4.02. The Kier molecular flexibility index (Phi) is 5.70. The molecule has 0 radical (unpaired) electrons. The minimum Gasteiger partial charge on any atom is -0.463 e. The highest BCUT2D eigenvalue weighted by Crippen LogP contribution is 2.29. The van der Waals surface area contributed by atoms with E-state index in [1.54, 1.807) is 17.6 Å². The molecule has 0 bridgehead atoms. The molecule has 2 fully saturated rings. The van der Waals surface area contributed by atoms with E-state index in [1.165, 1.54) is 25.7 Å². The van der Waals surface area contributed by atoms with Gasteiger partial charge >= 0.3 is 0 Å². The van der Waals surface area contributed by atoms with Gasteiger partial charge in [0.25, 0.3) is 0 Å². The molecule has 4 rings (SSSR count). The van der Waals surface area contributed by atoms with E-state index >= 15 is 0 Å². The molecule has 140 valence electrons. The molecule has 0 spiro atoms. The highest BCUT2D eigenvalue weighted by molar-refractivity contribution is 7.09. The van der Waals surface area contributed by atoms with Gasteiger partial charge in [-0.25, -0.2) is 4.98 Å². The number of nitrogens with zero attached hydrogens (tertiary/aromatic N) is 3. The van der Waals surface area contributed by atoms with Crippen molar-refractivity contribution in [3.8, 4) is 11.5 Å². The summed E-state index contributed by atoms with van der Waals surface area (Å²) in [4.78, 5) is 21.6. The Hall–Kier alpha value is -1.66. The van der Waals surface area contributed by atoms with Crippen molar-refractivity contribution in [2.45, 2.75) is 45.1 Å². The van der Waals surface area contributed by atoms with Gasteiger partial charge in [0.15, 0.2) is 5.76 Å². The second-order valence-electron chi connectivity index (χ2n) is 7.45. The van der Waals surface area contributed by atoms with Crippen molar-refractivity contribution >= 4 is 17.2 Å². The molecule has 2 aromatic heterocycles. The molecule has 1 saturated heterocycles. The smallest absolute Gasteiger partial charge is 0.222 e. The van der Waals surface area contributed by atoms with Gasteiger partial charge < -0.3 is 9.32 Å². The molecule has 1 aliphatic carbocycles. The minimum atomic E-state index is 0.353. The van der Waals surface area contributed by atoms with Crippen LogP contribution in [0, 0.1) is 5.92 Å². The van der Waals surface area contributed by atoms with E-state index in [4.69, 9.17) is 4.42 Å². The zero-order valence-electron chi connectivity index (χ0n) is 15.2. The number of aromatic nitrogens is 1. The number of hydrogen-bond acceptors (Lipinski definition) is 5. The Balaban J connectivity index is 1.21. The van der Waals surface area contributed by atoms with E-state index in [0.29, 0.717) is 5.91 Å². The first-order chi connectivity index (χ1) is 12.8. The maximum atomic E-state index is 12.4. The molecule has 1 amide bonds. The van der Waals surface area contributed by atoms with Gasteiger partial charge in [0, 0.05) is 38.0 Å². The molecule has 5 nitrogen and oxygen atoms in total. The first kappa shape index (κ1) is 17.7. The van der Waals surface area contributed by atoms with Crippen LogP contribution in [0.15, 0.2) is 28.2 Å². The number of hydrogen-bond donors (Lipinski definition) is 0. The molecule has 2 aromatic rings. The van der Waals surface area contributed by atoms with Gasteiger partial charge in [-0.1, -0.05) is 25.7 Å². The molecule has 6 heteroatoms. The normalized spacial score (nSPS) is 19.3.